The first-order valence-electron chi connectivity index (χ1n) is 13.0. The summed E-state index contributed by atoms with van der Waals surface area (Å²) in [6.07, 6.45) is 2.90. The highest BCUT2D eigenvalue weighted by Crippen LogP contribution is 2.34. The largest absolute Gasteiger partial charge is 0.490 e. The van der Waals surface area contributed by atoms with Gasteiger partial charge in [0, 0.05) is 25.7 Å². The molecule has 41 heavy (non-hydrogen) atoms. The Balaban J connectivity index is 1.14. The molecule has 1 saturated heterocycles. The SMILES string of the molecule is CN1C(=O)[C@@H](NC(=O)n2cc(Cc3cccc(F)c3)cn2)COc2ccc(OCCOC(=O)N3CC(C)(O)C3)cc21. The van der Waals surface area contributed by atoms with Crippen molar-refractivity contribution in [2.24, 2.45) is 0 Å². The van der Waals surface area contributed by atoms with Gasteiger partial charge in [-0.05, 0) is 42.3 Å². The summed E-state index contributed by atoms with van der Waals surface area (Å²) in [5.74, 6) is 0.112. The van der Waals surface area contributed by atoms with Crippen LogP contribution in [0.2, 0.25) is 0 Å². The minimum atomic E-state index is -0.984. The zero-order chi connectivity index (χ0) is 29.1. The molecule has 2 aliphatic heterocycles. The van der Waals surface area contributed by atoms with Crippen LogP contribution in [0.5, 0.6) is 11.5 Å². The van der Waals surface area contributed by atoms with Crippen molar-refractivity contribution < 1.29 is 38.1 Å². The van der Waals surface area contributed by atoms with Crippen LogP contribution in [0.3, 0.4) is 0 Å². The van der Waals surface area contributed by atoms with Gasteiger partial charge in [0.15, 0.2) is 0 Å². The van der Waals surface area contributed by atoms with Crippen LogP contribution >= 0.6 is 0 Å². The number of benzene rings is 2. The minimum Gasteiger partial charge on any atom is -0.490 e. The number of hydrogen-bond donors (Lipinski definition) is 2. The topological polar surface area (TPSA) is 135 Å². The Morgan fingerprint density at radius 1 is 1.20 bits per heavy atom. The fraction of sp³-hybridized carbons (Fsp3) is 0.357. The fourth-order valence-electron chi connectivity index (χ4n) is 4.62. The zero-order valence-electron chi connectivity index (χ0n) is 22.6. The third-order valence-corrected chi connectivity index (χ3v) is 6.66. The second-order valence-corrected chi connectivity index (χ2v) is 10.3. The zero-order valence-corrected chi connectivity index (χ0v) is 22.6. The number of nitrogens with zero attached hydrogens (tertiary/aromatic N) is 4. The van der Waals surface area contributed by atoms with E-state index in [1.807, 2.05) is 0 Å². The highest BCUT2D eigenvalue weighted by molar-refractivity contribution is 6.00. The van der Waals surface area contributed by atoms with E-state index < -0.39 is 29.7 Å². The molecule has 0 saturated carbocycles. The van der Waals surface area contributed by atoms with Crippen molar-refractivity contribution in [3.8, 4) is 11.5 Å². The van der Waals surface area contributed by atoms with Crippen LogP contribution in [0.4, 0.5) is 19.7 Å². The summed E-state index contributed by atoms with van der Waals surface area (Å²) >= 11 is 0. The van der Waals surface area contributed by atoms with Gasteiger partial charge in [0.25, 0.3) is 5.91 Å². The third-order valence-electron chi connectivity index (χ3n) is 6.66. The van der Waals surface area contributed by atoms with Crippen molar-refractivity contribution in [1.29, 1.82) is 0 Å². The van der Waals surface area contributed by atoms with Gasteiger partial charge in [0.1, 0.15) is 43.2 Å². The number of nitrogens with one attached hydrogen (secondary N) is 1. The van der Waals surface area contributed by atoms with Crippen LogP contribution in [0.25, 0.3) is 0 Å². The number of carbonyl (C=O) groups excluding carboxylic acids is 3. The summed E-state index contributed by atoms with van der Waals surface area (Å²) in [4.78, 5) is 40.7. The van der Waals surface area contributed by atoms with Gasteiger partial charge in [0.05, 0.1) is 30.6 Å². The molecule has 2 aliphatic rings. The predicted octanol–water partition coefficient (Wildman–Crippen LogP) is 2.18. The van der Waals surface area contributed by atoms with Crippen molar-refractivity contribution in [3.63, 3.8) is 0 Å². The van der Waals surface area contributed by atoms with E-state index in [1.165, 1.54) is 34.3 Å². The molecule has 0 radical (unpaired) electrons. The fourth-order valence-corrected chi connectivity index (χ4v) is 4.62. The van der Waals surface area contributed by atoms with Gasteiger partial charge in [0.2, 0.25) is 0 Å². The number of fused-ring (bicyclic) bond motifs is 1. The van der Waals surface area contributed by atoms with E-state index in [9.17, 15) is 23.9 Å². The number of rotatable bonds is 7. The Morgan fingerprint density at radius 2 is 2.00 bits per heavy atom. The number of carbonyl (C=O) groups is 3. The molecule has 13 heteroatoms. The summed E-state index contributed by atoms with van der Waals surface area (Å²) in [5.41, 5.74) is 1.01. The van der Waals surface area contributed by atoms with E-state index in [1.54, 1.807) is 44.3 Å². The number of likely N-dealkylation sites (tertiary alicyclic amines) is 1. The maximum absolute atomic E-state index is 13.5. The van der Waals surface area contributed by atoms with Gasteiger partial charge in [-0.3, -0.25) is 4.79 Å². The van der Waals surface area contributed by atoms with E-state index >= 15 is 0 Å². The highest BCUT2D eigenvalue weighted by atomic mass is 19.1. The molecule has 0 unspecified atom stereocenters. The molecule has 2 aromatic carbocycles. The molecule has 0 spiro atoms. The molecule has 0 bridgehead atoms. The number of aromatic nitrogens is 2. The van der Waals surface area contributed by atoms with Gasteiger partial charge in [-0.25, -0.2) is 14.0 Å². The number of β-amino-alcohol motifs (C(OH)–C–C–N with tert-alkyl or cyclic N) is 1. The lowest BCUT2D eigenvalue weighted by molar-refractivity contribution is -0.120. The lowest BCUT2D eigenvalue weighted by atomic mass is 9.98. The summed E-state index contributed by atoms with van der Waals surface area (Å²) in [5, 5.41) is 16.5. The van der Waals surface area contributed by atoms with E-state index in [0.29, 0.717) is 29.2 Å². The molecule has 3 heterocycles. The lowest BCUT2D eigenvalue weighted by Gasteiger charge is -2.43. The Hall–Kier alpha value is -4.65. The maximum atomic E-state index is 13.5. The van der Waals surface area contributed by atoms with Gasteiger partial charge < -0.3 is 34.4 Å². The summed E-state index contributed by atoms with van der Waals surface area (Å²) in [6.45, 7) is 2.08. The number of anilines is 1. The number of aliphatic hydroxyl groups is 1. The Labute approximate surface area is 235 Å². The maximum Gasteiger partial charge on any atom is 0.410 e. The summed E-state index contributed by atoms with van der Waals surface area (Å²) in [6, 6.07) is 9.51. The molecule has 1 atom stereocenters. The Bertz CT molecular complexity index is 1450. The lowest BCUT2D eigenvalue weighted by Crippen LogP contribution is -2.61. The van der Waals surface area contributed by atoms with E-state index in [2.05, 4.69) is 10.4 Å². The molecule has 3 aromatic rings. The molecule has 5 rings (SSSR count). The van der Waals surface area contributed by atoms with Crippen molar-refractivity contribution in [1.82, 2.24) is 20.0 Å². The molecule has 216 valence electrons. The average molecular weight is 568 g/mol. The molecule has 12 nitrogen and oxygen atoms in total. The smallest absolute Gasteiger partial charge is 0.410 e. The van der Waals surface area contributed by atoms with Crippen LogP contribution in [-0.4, -0.2) is 89.4 Å². The number of likely N-dealkylation sites (N-methyl/N-ethyl adjacent to an activating group) is 1. The van der Waals surface area contributed by atoms with Gasteiger partial charge in [-0.15, -0.1) is 0 Å². The van der Waals surface area contributed by atoms with Crippen molar-refractivity contribution in [2.75, 3.05) is 44.9 Å². The Kier molecular flexibility index (Phi) is 7.79. The standard InChI is InChI=1S/C28H30FN5O7/c1-28(38)16-33(17-28)27(37)40-9-8-39-21-6-7-24-23(12-21)32(2)25(35)22(15-41-24)31-26(36)34-14-19(13-30-34)10-18-4-3-5-20(29)11-18/h3-7,11-14,22,38H,8-10,15-17H2,1-2H3,(H,31,36)/t22-/m0/s1. The van der Waals surface area contributed by atoms with Crippen molar-refractivity contribution in [2.45, 2.75) is 25.0 Å². The molecule has 3 amide bonds. The minimum absolute atomic E-state index is 0.00527. The van der Waals surface area contributed by atoms with Crippen LogP contribution in [-0.2, 0) is 16.0 Å². The highest BCUT2D eigenvalue weighted by Gasteiger charge is 2.40. The molecular formula is C28H30FN5O7. The number of ether oxygens (including phenoxy) is 3. The Morgan fingerprint density at radius 3 is 2.76 bits per heavy atom. The quantitative estimate of drug-likeness (QED) is 0.415. The van der Waals surface area contributed by atoms with Gasteiger partial charge in [-0.2, -0.15) is 9.78 Å². The van der Waals surface area contributed by atoms with Crippen LogP contribution in [0, 0.1) is 5.82 Å². The second kappa shape index (κ2) is 11.5. The van der Waals surface area contributed by atoms with Gasteiger partial charge in [-0.1, -0.05) is 12.1 Å². The average Bonchev–Trinajstić information content (AvgIpc) is 3.35. The number of halogens is 1. The first kappa shape index (κ1) is 27.9. The number of hydrogen-bond acceptors (Lipinski definition) is 8. The van der Waals surface area contributed by atoms with E-state index in [-0.39, 0.29) is 38.7 Å². The first-order chi connectivity index (χ1) is 19.6. The third kappa shape index (κ3) is 6.57. The van der Waals surface area contributed by atoms with Gasteiger partial charge >= 0.3 is 12.1 Å². The molecular weight excluding hydrogens is 537 g/mol. The molecule has 1 fully saturated rings. The second-order valence-electron chi connectivity index (χ2n) is 10.3. The van der Waals surface area contributed by atoms with Crippen LogP contribution in [0.15, 0.2) is 54.9 Å². The normalized spacial score (nSPS) is 17.6. The summed E-state index contributed by atoms with van der Waals surface area (Å²) in [7, 11) is 1.56. The molecule has 2 N–H and O–H groups in total. The predicted molar refractivity (Wildman–Crippen MR) is 144 cm³/mol. The van der Waals surface area contributed by atoms with Crippen LogP contribution in [0.1, 0.15) is 18.1 Å². The van der Waals surface area contributed by atoms with E-state index in [4.69, 9.17) is 14.2 Å². The number of amides is 3. The van der Waals surface area contributed by atoms with Crippen molar-refractivity contribution >= 4 is 23.7 Å². The molecule has 0 aliphatic carbocycles. The van der Waals surface area contributed by atoms with E-state index in [0.717, 1.165) is 10.2 Å². The van der Waals surface area contributed by atoms with Crippen molar-refractivity contribution in [3.05, 3.63) is 71.8 Å². The van der Waals surface area contributed by atoms with Crippen LogP contribution < -0.4 is 19.7 Å². The molecule has 1 aromatic heterocycles. The monoisotopic (exact) mass is 567 g/mol. The first-order valence-corrected chi connectivity index (χ1v) is 13.0. The summed E-state index contributed by atoms with van der Waals surface area (Å²) < 4.78 is 31.2.